The van der Waals surface area contributed by atoms with E-state index in [9.17, 15) is 4.79 Å². The molecule has 0 aliphatic heterocycles. The Hall–Kier alpha value is -1.16. The lowest BCUT2D eigenvalue weighted by molar-refractivity contribution is -0.125. The van der Waals surface area contributed by atoms with Gasteiger partial charge >= 0.3 is 0 Å². The zero-order valence-corrected chi connectivity index (χ0v) is 14.6. The van der Waals surface area contributed by atoms with E-state index in [0.29, 0.717) is 12.2 Å². The molecule has 0 unspecified atom stereocenters. The van der Waals surface area contributed by atoms with Gasteiger partial charge in [0.05, 0.1) is 5.41 Å². The predicted molar refractivity (Wildman–Crippen MR) is 93.7 cm³/mol. The van der Waals surface area contributed by atoms with Gasteiger partial charge in [-0.3, -0.25) is 4.79 Å². The van der Waals surface area contributed by atoms with Crippen molar-refractivity contribution in [2.24, 2.45) is 0 Å². The molecule has 0 aliphatic rings. The standard InChI is InChI=1S/C17H28N2OS/c1-6-17(7-2,21-5)12-19-15(20)16(3,4)13-8-10-14(18)11-9-13/h8-11H,6-7,12,18H2,1-5H3,(H,19,20). The van der Waals surface area contributed by atoms with Gasteiger partial charge in [-0.25, -0.2) is 0 Å². The first kappa shape index (κ1) is 17.9. The molecular formula is C17H28N2OS. The molecule has 0 aromatic heterocycles. The lowest BCUT2D eigenvalue weighted by Crippen LogP contribution is -2.46. The molecule has 0 heterocycles. The molecule has 0 saturated carbocycles. The summed E-state index contributed by atoms with van der Waals surface area (Å²) in [6.07, 6.45) is 4.21. The third kappa shape index (κ3) is 4.16. The molecule has 118 valence electrons. The number of hydrogen-bond acceptors (Lipinski definition) is 3. The monoisotopic (exact) mass is 308 g/mol. The average Bonchev–Trinajstić information content (AvgIpc) is 2.49. The fraction of sp³-hybridized carbons (Fsp3) is 0.588. The van der Waals surface area contributed by atoms with Gasteiger partial charge in [0, 0.05) is 17.0 Å². The molecule has 0 radical (unpaired) electrons. The van der Waals surface area contributed by atoms with Crippen LogP contribution in [0.5, 0.6) is 0 Å². The highest BCUT2D eigenvalue weighted by Gasteiger charge is 2.32. The Balaban J connectivity index is 2.80. The van der Waals surface area contributed by atoms with E-state index < -0.39 is 5.41 Å². The van der Waals surface area contributed by atoms with Gasteiger partial charge in [-0.2, -0.15) is 11.8 Å². The molecule has 1 aromatic rings. The van der Waals surface area contributed by atoms with Gasteiger partial charge in [0.1, 0.15) is 0 Å². The fourth-order valence-electron chi connectivity index (χ4n) is 2.35. The molecule has 3 nitrogen and oxygen atoms in total. The normalized spacial score (nSPS) is 12.2. The first-order valence-corrected chi connectivity index (χ1v) is 8.73. The van der Waals surface area contributed by atoms with E-state index in [0.717, 1.165) is 18.4 Å². The van der Waals surface area contributed by atoms with Crippen molar-refractivity contribution in [2.45, 2.75) is 50.7 Å². The first-order chi connectivity index (χ1) is 9.81. The van der Waals surface area contributed by atoms with E-state index >= 15 is 0 Å². The second-order valence-electron chi connectivity index (χ2n) is 6.02. The number of benzene rings is 1. The second kappa shape index (κ2) is 7.21. The molecule has 0 fully saturated rings. The summed E-state index contributed by atoms with van der Waals surface area (Å²) < 4.78 is 0.132. The molecule has 0 spiro atoms. The molecule has 21 heavy (non-hydrogen) atoms. The van der Waals surface area contributed by atoms with Crippen molar-refractivity contribution in [3.8, 4) is 0 Å². The maximum atomic E-state index is 12.6. The van der Waals surface area contributed by atoms with Crippen LogP contribution < -0.4 is 11.1 Å². The molecule has 4 heteroatoms. The van der Waals surface area contributed by atoms with Crippen LogP contribution in [0.4, 0.5) is 5.69 Å². The topological polar surface area (TPSA) is 55.1 Å². The number of carbonyl (C=O) groups excluding carboxylic acids is 1. The summed E-state index contributed by atoms with van der Waals surface area (Å²) in [6, 6.07) is 7.54. The number of nitrogens with one attached hydrogen (secondary N) is 1. The van der Waals surface area contributed by atoms with Gasteiger partial charge in [-0.05, 0) is 50.6 Å². The molecular weight excluding hydrogens is 280 g/mol. The summed E-state index contributed by atoms with van der Waals surface area (Å²) in [4.78, 5) is 12.6. The minimum absolute atomic E-state index is 0.0626. The first-order valence-electron chi connectivity index (χ1n) is 7.50. The zero-order valence-electron chi connectivity index (χ0n) is 13.8. The van der Waals surface area contributed by atoms with Crippen molar-refractivity contribution in [1.29, 1.82) is 0 Å². The summed E-state index contributed by atoms with van der Waals surface area (Å²) in [6.45, 7) is 8.96. The van der Waals surface area contributed by atoms with Crippen molar-refractivity contribution in [2.75, 3.05) is 18.5 Å². The van der Waals surface area contributed by atoms with Crippen LogP contribution in [0.25, 0.3) is 0 Å². The van der Waals surface area contributed by atoms with Gasteiger partial charge in [-0.1, -0.05) is 26.0 Å². The van der Waals surface area contributed by atoms with Crippen molar-refractivity contribution in [1.82, 2.24) is 5.32 Å². The summed E-state index contributed by atoms with van der Waals surface area (Å²) >= 11 is 1.84. The zero-order chi connectivity index (χ0) is 16.1. The van der Waals surface area contributed by atoms with E-state index in [-0.39, 0.29) is 10.7 Å². The highest BCUT2D eigenvalue weighted by atomic mass is 32.2. The van der Waals surface area contributed by atoms with E-state index in [1.165, 1.54) is 0 Å². The van der Waals surface area contributed by atoms with Gasteiger partial charge in [0.15, 0.2) is 0 Å². The number of carbonyl (C=O) groups is 1. The van der Waals surface area contributed by atoms with Crippen LogP contribution in [-0.4, -0.2) is 23.5 Å². The maximum Gasteiger partial charge on any atom is 0.230 e. The highest BCUT2D eigenvalue weighted by molar-refractivity contribution is 8.00. The summed E-state index contributed by atoms with van der Waals surface area (Å²) in [5.41, 5.74) is 6.86. The lowest BCUT2D eigenvalue weighted by atomic mass is 9.83. The molecule has 0 aliphatic carbocycles. The number of rotatable bonds is 7. The number of nitrogens with two attached hydrogens (primary N) is 1. The maximum absolute atomic E-state index is 12.6. The highest BCUT2D eigenvalue weighted by Crippen LogP contribution is 2.30. The van der Waals surface area contributed by atoms with E-state index in [1.54, 1.807) is 0 Å². The number of amides is 1. The van der Waals surface area contributed by atoms with Crippen molar-refractivity contribution >= 4 is 23.4 Å². The Morgan fingerprint density at radius 1 is 1.19 bits per heavy atom. The van der Waals surface area contributed by atoms with Crippen LogP contribution >= 0.6 is 11.8 Å². The van der Waals surface area contributed by atoms with E-state index in [4.69, 9.17) is 5.73 Å². The molecule has 1 aromatic carbocycles. The average molecular weight is 308 g/mol. The van der Waals surface area contributed by atoms with E-state index in [1.807, 2.05) is 49.9 Å². The van der Waals surface area contributed by atoms with Gasteiger partial charge in [0.2, 0.25) is 5.91 Å². The third-order valence-corrected chi connectivity index (χ3v) is 6.08. The van der Waals surface area contributed by atoms with Crippen LogP contribution in [0.15, 0.2) is 24.3 Å². The number of anilines is 1. The largest absolute Gasteiger partial charge is 0.399 e. The number of nitrogen functional groups attached to an aromatic ring is 1. The van der Waals surface area contributed by atoms with E-state index in [2.05, 4.69) is 25.4 Å². The molecule has 0 bridgehead atoms. The summed E-state index contributed by atoms with van der Waals surface area (Å²) in [7, 11) is 0. The Labute approximate surface area is 133 Å². The Bertz CT molecular complexity index is 456. The number of hydrogen-bond donors (Lipinski definition) is 2. The minimum atomic E-state index is -0.556. The van der Waals surface area contributed by atoms with Crippen LogP contribution in [-0.2, 0) is 10.2 Å². The molecule has 3 N–H and O–H groups in total. The van der Waals surface area contributed by atoms with Gasteiger partial charge in [0.25, 0.3) is 0 Å². The molecule has 0 atom stereocenters. The van der Waals surface area contributed by atoms with Crippen molar-refractivity contribution in [3.05, 3.63) is 29.8 Å². The Morgan fingerprint density at radius 3 is 2.14 bits per heavy atom. The molecule has 1 rings (SSSR count). The molecule has 0 saturated heterocycles. The SMILES string of the molecule is CCC(CC)(CNC(=O)C(C)(C)c1ccc(N)cc1)SC. The van der Waals surface area contributed by atoms with Crippen LogP contribution in [0.1, 0.15) is 46.1 Å². The number of thioether (sulfide) groups is 1. The van der Waals surface area contributed by atoms with Gasteiger partial charge < -0.3 is 11.1 Å². The second-order valence-corrected chi connectivity index (χ2v) is 7.30. The lowest BCUT2D eigenvalue weighted by Gasteiger charge is -2.32. The van der Waals surface area contributed by atoms with Crippen molar-refractivity contribution < 1.29 is 4.79 Å². The minimum Gasteiger partial charge on any atom is -0.399 e. The fourth-order valence-corrected chi connectivity index (χ4v) is 3.15. The Morgan fingerprint density at radius 2 is 1.71 bits per heavy atom. The van der Waals surface area contributed by atoms with Crippen LogP contribution in [0.2, 0.25) is 0 Å². The smallest absolute Gasteiger partial charge is 0.230 e. The summed E-state index contributed by atoms with van der Waals surface area (Å²) in [5, 5.41) is 3.14. The summed E-state index contributed by atoms with van der Waals surface area (Å²) in [5.74, 6) is 0.0626. The third-order valence-electron chi connectivity index (χ3n) is 4.49. The van der Waals surface area contributed by atoms with Crippen molar-refractivity contribution in [3.63, 3.8) is 0 Å². The predicted octanol–water partition coefficient (Wildman–Crippen LogP) is 3.58. The van der Waals surface area contributed by atoms with Gasteiger partial charge in [-0.15, -0.1) is 0 Å². The Kier molecular flexibility index (Phi) is 6.14. The quantitative estimate of drug-likeness (QED) is 0.757. The van der Waals surface area contributed by atoms with Crippen LogP contribution in [0.3, 0.4) is 0 Å². The van der Waals surface area contributed by atoms with Crippen LogP contribution in [0, 0.1) is 0 Å². The molecule has 1 amide bonds.